The molecule has 2 nitrogen and oxygen atoms in total. The van der Waals surface area contributed by atoms with Gasteiger partial charge in [-0.25, -0.2) is 0 Å². The van der Waals surface area contributed by atoms with Gasteiger partial charge in [0.1, 0.15) is 0 Å². The molecule has 18 heavy (non-hydrogen) atoms. The topological polar surface area (TPSA) is 24.9 Å². The van der Waals surface area contributed by atoms with E-state index in [1.54, 1.807) is 0 Å². The van der Waals surface area contributed by atoms with Gasteiger partial charge in [-0.15, -0.1) is 0 Å². The molecule has 1 N–H and O–H groups in total. The minimum Gasteiger partial charge on any atom is -0.381 e. The zero-order chi connectivity index (χ0) is 13.0. The molecule has 0 bridgehead atoms. The van der Waals surface area contributed by atoms with Crippen molar-refractivity contribution in [3.63, 3.8) is 0 Å². The molecule has 94 valence electrons. The van der Waals surface area contributed by atoms with E-state index < -0.39 is 0 Å². The van der Waals surface area contributed by atoms with Crippen LogP contribution in [0.2, 0.25) is 0 Å². The number of benzene rings is 1. The van der Waals surface area contributed by atoms with Gasteiger partial charge in [-0.3, -0.25) is 4.98 Å². The van der Waals surface area contributed by atoms with Crippen molar-refractivity contribution in [1.29, 1.82) is 0 Å². The van der Waals surface area contributed by atoms with Gasteiger partial charge in [0.25, 0.3) is 0 Å². The first-order valence-corrected chi connectivity index (χ1v) is 6.91. The van der Waals surface area contributed by atoms with Crippen LogP contribution in [0.15, 0.2) is 41.1 Å². The van der Waals surface area contributed by atoms with Gasteiger partial charge >= 0.3 is 0 Å². The number of aryl methyl sites for hydroxylation is 2. The number of nitrogens with zero attached hydrogens (tertiary/aromatic N) is 1. The zero-order valence-electron chi connectivity index (χ0n) is 10.7. The van der Waals surface area contributed by atoms with E-state index in [4.69, 9.17) is 0 Å². The molecule has 1 heterocycles. The molecule has 3 heteroatoms. The summed E-state index contributed by atoms with van der Waals surface area (Å²) in [6.07, 6.45) is 4.80. The smallest absolute Gasteiger partial charge is 0.0416 e. The number of pyridine rings is 1. The second-order valence-electron chi connectivity index (χ2n) is 4.38. The maximum absolute atomic E-state index is 4.21. The van der Waals surface area contributed by atoms with Gasteiger partial charge in [-0.1, -0.05) is 28.9 Å². The maximum Gasteiger partial charge on any atom is 0.0416 e. The highest BCUT2D eigenvalue weighted by Gasteiger charge is 2.01. The predicted molar refractivity (Wildman–Crippen MR) is 79.8 cm³/mol. The van der Waals surface area contributed by atoms with Crippen LogP contribution in [0, 0.1) is 6.92 Å². The highest BCUT2D eigenvalue weighted by molar-refractivity contribution is 9.10. The van der Waals surface area contributed by atoms with E-state index >= 15 is 0 Å². The lowest BCUT2D eigenvalue weighted by molar-refractivity contribution is 1.07. The third-order valence-corrected chi connectivity index (χ3v) is 3.36. The lowest BCUT2D eigenvalue weighted by atomic mass is 10.1. The summed E-state index contributed by atoms with van der Waals surface area (Å²) in [6.45, 7) is 5.04. The second-order valence-corrected chi connectivity index (χ2v) is 5.29. The first kappa shape index (κ1) is 13.1. The lowest BCUT2D eigenvalue weighted by Gasteiger charge is -2.11. The van der Waals surface area contributed by atoms with Crippen molar-refractivity contribution in [3.8, 4) is 0 Å². The molecular formula is C15H17BrN2. The molecule has 0 saturated carbocycles. The Balaban J connectivity index is 2.10. The van der Waals surface area contributed by atoms with Gasteiger partial charge in [0, 0.05) is 29.1 Å². The van der Waals surface area contributed by atoms with E-state index in [0.29, 0.717) is 0 Å². The summed E-state index contributed by atoms with van der Waals surface area (Å²) < 4.78 is 1.13. The largest absolute Gasteiger partial charge is 0.381 e. The Bertz CT molecular complexity index is 538. The standard InChI is InChI=1S/C15H17BrN2/c1-3-13-7-14(16)4-5-15(13)18-10-12-6-11(2)8-17-9-12/h4-9,18H,3,10H2,1-2H3. The molecule has 2 aromatic rings. The van der Waals surface area contributed by atoms with Crippen molar-refractivity contribution < 1.29 is 0 Å². The van der Waals surface area contributed by atoms with E-state index in [1.807, 2.05) is 12.4 Å². The van der Waals surface area contributed by atoms with Gasteiger partial charge in [0.2, 0.25) is 0 Å². The SMILES string of the molecule is CCc1cc(Br)ccc1NCc1cncc(C)c1. The Kier molecular flexibility index (Phi) is 4.37. The summed E-state index contributed by atoms with van der Waals surface area (Å²) in [6, 6.07) is 8.50. The second kappa shape index (κ2) is 6.01. The quantitative estimate of drug-likeness (QED) is 0.909. The summed E-state index contributed by atoms with van der Waals surface area (Å²) in [7, 11) is 0. The van der Waals surface area contributed by atoms with E-state index in [1.165, 1.54) is 22.4 Å². The Morgan fingerprint density at radius 1 is 1.22 bits per heavy atom. The first-order valence-electron chi connectivity index (χ1n) is 6.12. The monoisotopic (exact) mass is 304 g/mol. The first-order chi connectivity index (χ1) is 8.69. The lowest BCUT2D eigenvalue weighted by Crippen LogP contribution is -2.02. The van der Waals surface area contributed by atoms with Gasteiger partial charge in [0.05, 0.1) is 0 Å². The van der Waals surface area contributed by atoms with Crippen molar-refractivity contribution in [2.24, 2.45) is 0 Å². The van der Waals surface area contributed by atoms with Crippen LogP contribution in [0.25, 0.3) is 0 Å². The average molecular weight is 305 g/mol. The maximum atomic E-state index is 4.21. The molecule has 0 spiro atoms. The van der Waals surface area contributed by atoms with Gasteiger partial charge in [-0.05, 0) is 48.2 Å². The molecule has 0 aliphatic heterocycles. The molecule has 0 unspecified atom stereocenters. The van der Waals surface area contributed by atoms with Gasteiger partial charge in [0.15, 0.2) is 0 Å². The van der Waals surface area contributed by atoms with Crippen molar-refractivity contribution in [2.45, 2.75) is 26.8 Å². The van der Waals surface area contributed by atoms with E-state index in [9.17, 15) is 0 Å². The molecule has 0 saturated heterocycles. The van der Waals surface area contributed by atoms with Crippen LogP contribution in [0.5, 0.6) is 0 Å². The van der Waals surface area contributed by atoms with Gasteiger partial charge in [-0.2, -0.15) is 0 Å². The molecule has 0 atom stereocenters. The van der Waals surface area contributed by atoms with E-state index in [0.717, 1.165) is 17.4 Å². The van der Waals surface area contributed by atoms with Crippen LogP contribution in [0.4, 0.5) is 5.69 Å². The van der Waals surface area contributed by atoms with Crippen LogP contribution >= 0.6 is 15.9 Å². The predicted octanol–water partition coefficient (Wildman–Crippen LogP) is 4.33. The molecular weight excluding hydrogens is 288 g/mol. The number of nitrogens with one attached hydrogen (secondary N) is 1. The minimum absolute atomic E-state index is 0.809. The Labute approximate surface area is 117 Å². The third-order valence-electron chi connectivity index (χ3n) is 2.86. The molecule has 1 aromatic carbocycles. The number of hydrogen-bond donors (Lipinski definition) is 1. The molecule has 0 radical (unpaired) electrons. The molecule has 0 aliphatic rings. The Hall–Kier alpha value is -1.35. The summed E-state index contributed by atoms with van der Waals surface area (Å²) in [5, 5.41) is 3.47. The van der Waals surface area contributed by atoms with Crippen LogP contribution in [-0.4, -0.2) is 4.98 Å². The third kappa shape index (κ3) is 3.33. The highest BCUT2D eigenvalue weighted by atomic mass is 79.9. The van der Waals surface area contributed by atoms with E-state index in [-0.39, 0.29) is 0 Å². The van der Waals surface area contributed by atoms with E-state index in [2.05, 4.69) is 64.3 Å². The fourth-order valence-electron chi connectivity index (χ4n) is 1.94. The highest BCUT2D eigenvalue weighted by Crippen LogP contribution is 2.22. The molecule has 0 fully saturated rings. The zero-order valence-corrected chi connectivity index (χ0v) is 12.3. The van der Waals surface area contributed by atoms with Crippen molar-refractivity contribution in [1.82, 2.24) is 4.98 Å². The summed E-state index contributed by atoms with van der Waals surface area (Å²) >= 11 is 3.50. The number of halogens is 1. The molecule has 2 rings (SSSR count). The van der Waals surface area contributed by atoms with Crippen molar-refractivity contribution >= 4 is 21.6 Å². The minimum atomic E-state index is 0.809. The van der Waals surface area contributed by atoms with Crippen LogP contribution < -0.4 is 5.32 Å². The fourth-order valence-corrected chi connectivity index (χ4v) is 2.35. The molecule has 0 amide bonds. The fraction of sp³-hybridized carbons (Fsp3) is 0.267. The molecule has 0 aliphatic carbocycles. The summed E-state index contributed by atoms with van der Waals surface area (Å²) in [5.41, 5.74) is 4.92. The summed E-state index contributed by atoms with van der Waals surface area (Å²) in [5.74, 6) is 0. The Morgan fingerprint density at radius 2 is 2.06 bits per heavy atom. The van der Waals surface area contributed by atoms with Crippen molar-refractivity contribution in [2.75, 3.05) is 5.32 Å². The van der Waals surface area contributed by atoms with Crippen LogP contribution in [0.3, 0.4) is 0 Å². The summed E-state index contributed by atoms with van der Waals surface area (Å²) in [4.78, 5) is 4.21. The number of aromatic nitrogens is 1. The number of anilines is 1. The van der Waals surface area contributed by atoms with Crippen LogP contribution in [0.1, 0.15) is 23.6 Å². The normalized spacial score (nSPS) is 10.4. The van der Waals surface area contributed by atoms with Gasteiger partial charge < -0.3 is 5.32 Å². The number of rotatable bonds is 4. The van der Waals surface area contributed by atoms with Crippen molar-refractivity contribution in [3.05, 3.63) is 57.8 Å². The van der Waals surface area contributed by atoms with Crippen LogP contribution in [-0.2, 0) is 13.0 Å². The Morgan fingerprint density at radius 3 is 2.78 bits per heavy atom. The number of hydrogen-bond acceptors (Lipinski definition) is 2. The molecule has 1 aromatic heterocycles. The average Bonchev–Trinajstić information content (AvgIpc) is 2.37.